The second kappa shape index (κ2) is 7.21. The highest BCUT2D eigenvalue weighted by molar-refractivity contribution is 5.29. The van der Waals surface area contributed by atoms with Crippen LogP contribution >= 0.6 is 0 Å². The minimum absolute atomic E-state index is 0.433. The summed E-state index contributed by atoms with van der Waals surface area (Å²) in [5.74, 6) is 1.81. The summed E-state index contributed by atoms with van der Waals surface area (Å²) in [5, 5.41) is 0. The minimum Gasteiger partial charge on any atom is -0.497 e. The second-order valence-corrected chi connectivity index (χ2v) is 5.88. The Hall–Kier alpha value is -1.76. The number of allylic oxidation sites excluding steroid dienone is 1. The van der Waals surface area contributed by atoms with Gasteiger partial charge in [0, 0.05) is 19.6 Å². The van der Waals surface area contributed by atoms with Gasteiger partial charge in [-0.1, -0.05) is 12.1 Å². The molecule has 0 aromatic heterocycles. The summed E-state index contributed by atoms with van der Waals surface area (Å²) in [6, 6.07) is 8.03. The van der Waals surface area contributed by atoms with Crippen LogP contribution in [0.25, 0.3) is 0 Å². The number of hydrogen-bond donors (Lipinski definition) is 1. The zero-order valence-corrected chi connectivity index (χ0v) is 13.8. The molecular weight excluding hydrogens is 294 g/mol. The Kier molecular flexibility index (Phi) is 5.05. The van der Waals surface area contributed by atoms with E-state index in [1.165, 1.54) is 0 Å². The van der Waals surface area contributed by atoms with Crippen LogP contribution in [0.5, 0.6) is 5.75 Å². The number of benzene rings is 1. The Labute approximate surface area is 137 Å². The fourth-order valence-electron chi connectivity index (χ4n) is 2.94. The highest BCUT2D eigenvalue weighted by Crippen LogP contribution is 2.27. The van der Waals surface area contributed by atoms with Gasteiger partial charge >= 0.3 is 0 Å². The van der Waals surface area contributed by atoms with Gasteiger partial charge in [0.2, 0.25) is 6.35 Å². The van der Waals surface area contributed by atoms with Gasteiger partial charge in [0.05, 0.1) is 32.6 Å². The molecule has 2 aliphatic rings. The number of methoxy groups -OCH3 is 1. The van der Waals surface area contributed by atoms with Gasteiger partial charge in [0.25, 0.3) is 0 Å². The topological polar surface area (TPSA) is 60.2 Å². The molecule has 1 aromatic carbocycles. The number of ether oxygens (including phenoxy) is 3. The van der Waals surface area contributed by atoms with E-state index in [4.69, 9.17) is 19.9 Å². The number of rotatable bonds is 5. The number of nitrogens with zero attached hydrogens (tertiary/aromatic N) is 2. The molecule has 6 nitrogen and oxygen atoms in total. The second-order valence-electron chi connectivity index (χ2n) is 5.88. The van der Waals surface area contributed by atoms with Crippen LogP contribution in [0, 0.1) is 0 Å². The largest absolute Gasteiger partial charge is 0.497 e. The standard InChI is InChI=1S/C17H25N3O3/c1-13-16(12-19-6-8-22-9-7-19)23-17(18)20(13)11-14-4-3-5-15(10-14)21-2/h3-5,10,17H,6-9,11-12,18H2,1-2H3. The SMILES string of the molecule is COc1cccc(CN2C(C)=C(CN3CCOCC3)OC2N)c1. The third kappa shape index (κ3) is 3.77. The molecule has 1 saturated heterocycles. The molecule has 1 atom stereocenters. The van der Waals surface area contributed by atoms with Gasteiger partial charge in [-0.05, 0) is 24.6 Å². The highest BCUT2D eigenvalue weighted by atomic mass is 16.5. The van der Waals surface area contributed by atoms with Gasteiger partial charge in [-0.2, -0.15) is 0 Å². The molecule has 1 unspecified atom stereocenters. The summed E-state index contributed by atoms with van der Waals surface area (Å²) in [4.78, 5) is 4.43. The van der Waals surface area contributed by atoms with Gasteiger partial charge < -0.3 is 19.1 Å². The van der Waals surface area contributed by atoms with Crippen LogP contribution in [0.4, 0.5) is 0 Å². The molecule has 2 heterocycles. The van der Waals surface area contributed by atoms with Crippen LogP contribution in [0.2, 0.25) is 0 Å². The third-order valence-electron chi connectivity index (χ3n) is 4.36. The number of nitrogens with two attached hydrogens (primary N) is 1. The summed E-state index contributed by atoms with van der Waals surface area (Å²) in [6.07, 6.45) is -0.433. The molecule has 6 heteroatoms. The van der Waals surface area contributed by atoms with E-state index in [1.807, 2.05) is 18.2 Å². The van der Waals surface area contributed by atoms with Crippen LogP contribution in [0.15, 0.2) is 35.7 Å². The maximum Gasteiger partial charge on any atom is 0.227 e. The van der Waals surface area contributed by atoms with Crippen molar-refractivity contribution in [1.29, 1.82) is 0 Å². The summed E-state index contributed by atoms with van der Waals surface area (Å²) in [6.45, 7) is 7.01. The first-order chi connectivity index (χ1) is 11.2. The molecule has 1 fully saturated rings. The van der Waals surface area contributed by atoms with Gasteiger partial charge in [0.15, 0.2) is 0 Å². The van der Waals surface area contributed by atoms with E-state index in [2.05, 4.69) is 22.8 Å². The molecule has 0 bridgehead atoms. The summed E-state index contributed by atoms with van der Waals surface area (Å²) in [5.41, 5.74) is 8.42. The van der Waals surface area contributed by atoms with Crippen LogP contribution in [-0.4, -0.2) is 56.1 Å². The molecule has 1 aromatic rings. The van der Waals surface area contributed by atoms with Crippen LogP contribution in [-0.2, 0) is 16.0 Å². The summed E-state index contributed by atoms with van der Waals surface area (Å²) >= 11 is 0. The predicted octanol–water partition coefficient (Wildman–Crippen LogP) is 1.33. The van der Waals surface area contributed by atoms with Gasteiger partial charge in [-0.25, -0.2) is 0 Å². The summed E-state index contributed by atoms with van der Waals surface area (Å²) in [7, 11) is 1.68. The van der Waals surface area contributed by atoms with E-state index >= 15 is 0 Å². The Morgan fingerprint density at radius 2 is 2.04 bits per heavy atom. The van der Waals surface area contributed by atoms with Crippen molar-refractivity contribution in [2.45, 2.75) is 19.8 Å². The lowest BCUT2D eigenvalue weighted by Crippen LogP contribution is -2.38. The van der Waals surface area contributed by atoms with Gasteiger partial charge in [-0.15, -0.1) is 0 Å². The van der Waals surface area contributed by atoms with E-state index in [0.717, 1.165) is 55.6 Å². The first-order valence-electron chi connectivity index (χ1n) is 7.99. The van der Waals surface area contributed by atoms with Crippen molar-refractivity contribution in [3.05, 3.63) is 41.3 Å². The predicted molar refractivity (Wildman–Crippen MR) is 87.6 cm³/mol. The molecule has 0 spiro atoms. The lowest BCUT2D eigenvalue weighted by Gasteiger charge is -2.26. The van der Waals surface area contributed by atoms with Crippen molar-refractivity contribution in [1.82, 2.24) is 9.80 Å². The first-order valence-corrected chi connectivity index (χ1v) is 7.99. The van der Waals surface area contributed by atoms with E-state index in [9.17, 15) is 0 Å². The lowest BCUT2D eigenvalue weighted by molar-refractivity contribution is 0.0142. The van der Waals surface area contributed by atoms with Gasteiger partial charge in [-0.3, -0.25) is 10.6 Å². The Morgan fingerprint density at radius 3 is 2.78 bits per heavy atom. The van der Waals surface area contributed by atoms with Crippen LogP contribution in [0.1, 0.15) is 12.5 Å². The van der Waals surface area contributed by atoms with Crippen molar-refractivity contribution in [2.75, 3.05) is 40.0 Å². The molecule has 23 heavy (non-hydrogen) atoms. The molecule has 0 aliphatic carbocycles. The fraction of sp³-hybridized carbons (Fsp3) is 0.529. The molecular formula is C17H25N3O3. The first kappa shape index (κ1) is 16.1. The molecule has 2 N–H and O–H groups in total. The highest BCUT2D eigenvalue weighted by Gasteiger charge is 2.29. The maximum atomic E-state index is 6.17. The lowest BCUT2D eigenvalue weighted by atomic mass is 10.2. The zero-order valence-electron chi connectivity index (χ0n) is 13.8. The minimum atomic E-state index is -0.433. The molecule has 0 amide bonds. The normalized spacial score (nSPS) is 22.4. The van der Waals surface area contributed by atoms with Gasteiger partial charge in [0.1, 0.15) is 11.5 Å². The molecule has 2 aliphatic heterocycles. The Balaban J connectivity index is 1.68. The Bertz CT molecular complexity index is 570. The van der Waals surface area contributed by atoms with Crippen molar-refractivity contribution in [2.24, 2.45) is 5.73 Å². The van der Waals surface area contributed by atoms with E-state index < -0.39 is 6.35 Å². The third-order valence-corrected chi connectivity index (χ3v) is 4.36. The Morgan fingerprint density at radius 1 is 1.26 bits per heavy atom. The van der Waals surface area contributed by atoms with Crippen molar-refractivity contribution >= 4 is 0 Å². The molecule has 126 valence electrons. The van der Waals surface area contributed by atoms with Crippen LogP contribution in [0.3, 0.4) is 0 Å². The monoisotopic (exact) mass is 319 g/mol. The van der Waals surface area contributed by atoms with E-state index in [1.54, 1.807) is 7.11 Å². The fourth-order valence-corrected chi connectivity index (χ4v) is 2.94. The van der Waals surface area contributed by atoms with Crippen LogP contribution < -0.4 is 10.5 Å². The average molecular weight is 319 g/mol. The molecule has 0 radical (unpaired) electrons. The quantitative estimate of drug-likeness (QED) is 0.884. The number of morpholine rings is 1. The van der Waals surface area contributed by atoms with E-state index in [-0.39, 0.29) is 0 Å². The summed E-state index contributed by atoms with van der Waals surface area (Å²) < 4.78 is 16.6. The van der Waals surface area contributed by atoms with Crippen molar-refractivity contribution < 1.29 is 14.2 Å². The van der Waals surface area contributed by atoms with Crippen molar-refractivity contribution in [3.63, 3.8) is 0 Å². The molecule has 3 rings (SSSR count). The zero-order chi connectivity index (χ0) is 16.2. The molecule has 0 saturated carbocycles. The smallest absolute Gasteiger partial charge is 0.227 e. The average Bonchev–Trinajstić information content (AvgIpc) is 2.83. The van der Waals surface area contributed by atoms with Crippen molar-refractivity contribution in [3.8, 4) is 5.75 Å². The maximum absolute atomic E-state index is 6.17. The number of hydrogen-bond acceptors (Lipinski definition) is 6. The van der Waals surface area contributed by atoms with E-state index in [0.29, 0.717) is 6.54 Å².